The largest absolute Gasteiger partial charge is 0.454 e. The predicted octanol–water partition coefficient (Wildman–Crippen LogP) is 1.62. The molecule has 0 fully saturated rings. The van der Waals surface area contributed by atoms with Gasteiger partial charge in [-0.1, -0.05) is 12.1 Å². The maximum atomic E-state index is 10.0. The third kappa shape index (κ3) is 3.31. The molecule has 1 aromatic rings. The maximum absolute atomic E-state index is 10.0. The van der Waals surface area contributed by atoms with Gasteiger partial charge in [0.25, 0.3) is 0 Å². The van der Waals surface area contributed by atoms with E-state index >= 15 is 0 Å². The zero-order valence-corrected chi connectivity index (χ0v) is 11.5. The van der Waals surface area contributed by atoms with Gasteiger partial charge in [-0.05, 0) is 19.2 Å². The molecular weight excluding hydrogens is 250 g/mol. The fourth-order valence-electron chi connectivity index (χ4n) is 1.96. The van der Waals surface area contributed by atoms with E-state index in [0.29, 0.717) is 18.8 Å². The van der Waals surface area contributed by atoms with Crippen LogP contribution in [0.1, 0.15) is 12.5 Å². The number of hydrogen-bond acceptors (Lipinski definition) is 5. The predicted molar refractivity (Wildman–Crippen MR) is 73.3 cm³/mol. The minimum Gasteiger partial charge on any atom is -0.454 e. The highest BCUT2D eigenvalue weighted by Crippen LogP contribution is 2.35. The highest BCUT2D eigenvalue weighted by atomic mass is 32.2. The van der Waals surface area contributed by atoms with Crippen LogP contribution in [0.25, 0.3) is 0 Å². The van der Waals surface area contributed by atoms with E-state index in [1.165, 1.54) is 0 Å². The third-order valence-electron chi connectivity index (χ3n) is 2.75. The lowest BCUT2D eigenvalue weighted by Gasteiger charge is -2.22. The molecule has 0 radical (unpaired) electrons. The fourth-order valence-corrected chi connectivity index (χ4v) is 2.68. The lowest BCUT2D eigenvalue weighted by molar-refractivity contribution is 0.0844. The van der Waals surface area contributed by atoms with Gasteiger partial charge >= 0.3 is 0 Å². The van der Waals surface area contributed by atoms with Crippen molar-refractivity contribution in [1.29, 1.82) is 0 Å². The minimum atomic E-state index is -0.686. The van der Waals surface area contributed by atoms with Crippen LogP contribution in [-0.2, 0) is 6.54 Å². The molecule has 0 aromatic heterocycles. The maximum Gasteiger partial charge on any atom is 0.231 e. The summed E-state index contributed by atoms with van der Waals surface area (Å²) in [6, 6.07) is 5.85. The topological polar surface area (TPSA) is 50.7 Å². The normalized spacial score (nSPS) is 16.6. The second kappa shape index (κ2) is 5.82. The van der Waals surface area contributed by atoms with E-state index in [-0.39, 0.29) is 6.79 Å². The fraction of sp³-hybridized carbons (Fsp3) is 0.538. The lowest BCUT2D eigenvalue weighted by atomic mass is 10.1. The molecule has 18 heavy (non-hydrogen) atoms. The van der Waals surface area contributed by atoms with Gasteiger partial charge in [-0.15, -0.1) is 0 Å². The van der Waals surface area contributed by atoms with Crippen LogP contribution >= 0.6 is 11.8 Å². The summed E-state index contributed by atoms with van der Waals surface area (Å²) in [5.74, 6) is 2.33. The molecule has 0 spiro atoms. The SMILES string of the molecule is CSCC(C)(O)CNCc1cccc2c1OCO2. The van der Waals surface area contributed by atoms with Crippen LogP contribution in [0, 0.1) is 0 Å². The van der Waals surface area contributed by atoms with Gasteiger partial charge in [-0.2, -0.15) is 11.8 Å². The van der Waals surface area contributed by atoms with Crippen LogP contribution in [0.2, 0.25) is 0 Å². The molecule has 4 nitrogen and oxygen atoms in total. The van der Waals surface area contributed by atoms with Crippen LogP contribution < -0.4 is 14.8 Å². The van der Waals surface area contributed by atoms with E-state index in [1.54, 1.807) is 11.8 Å². The van der Waals surface area contributed by atoms with Crippen LogP contribution in [0.4, 0.5) is 0 Å². The first-order chi connectivity index (χ1) is 8.62. The van der Waals surface area contributed by atoms with Crippen molar-refractivity contribution in [3.05, 3.63) is 23.8 Å². The quantitative estimate of drug-likeness (QED) is 0.822. The molecule has 1 aromatic carbocycles. The van der Waals surface area contributed by atoms with Crippen molar-refractivity contribution in [2.75, 3.05) is 25.3 Å². The summed E-state index contributed by atoms with van der Waals surface area (Å²) in [5, 5.41) is 13.3. The first kappa shape index (κ1) is 13.5. The van der Waals surface area contributed by atoms with E-state index in [1.807, 2.05) is 31.4 Å². The van der Waals surface area contributed by atoms with E-state index in [2.05, 4.69) is 5.32 Å². The Labute approximate surface area is 112 Å². The monoisotopic (exact) mass is 269 g/mol. The average Bonchev–Trinajstić information content (AvgIpc) is 2.77. The zero-order valence-electron chi connectivity index (χ0n) is 10.7. The number of thioether (sulfide) groups is 1. The summed E-state index contributed by atoms with van der Waals surface area (Å²) < 4.78 is 10.8. The summed E-state index contributed by atoms with van der Waals surface area (Å²) in [6.07, 6.45) is 1.99. The second-order valence-electron chi connectivity index (χ2n) is 4.68. The van der Waals surface area contributed by atoms with Gasteiger partial charge < -0.3 is 19.9 Å². The summed E-state index contributed by atoms with van der Waals surface area (Å²) >= 11 is 1.64. The average molecular weight is 269 g/mol. The molecule has 100 valence electrons. The van der Waals surface area contributed by atoms with Gasteiger partial charge in [-0.25, -0.2) is 0 Å². The standard InChI is InChI=1S/C13H19NO3S/c1-13(15,8-18-2)7-14-6-10-4-3-5-11-12(10)17-9-16-11/h3-5,14-15H,6-9H2,1-2H3. The second-order valence-corrected chi connectivity index (χ2v) is 5.55. The summed E-state index contributed by atoms with van der Waals surface area (Å²) in [6.45, 7) is 3.34. The van der Waals surface area contributed by atoms with Gasteiger partial charge in [0.2, 0.25) is 6.79 Å². The lowest BCUT2D eigenvalue weighted by Crippen LogP contribution is -2.39. The molecule has 1 unspecified atom stereocenters. The van der Waals surface area contributed by atoms with Gasteiger partial charge in [0.1, 0.15) is 0 Å². The van der Waals surface area contributed by atoms with Crippen molar-refractivity contribution in [3.63, 3.8) is 0 Å². The van der Waals surface area contributed by atoms with E-state index < -0.39 is 5.60 Å². The Balaban J connectivity index is 1.90. The first-order valence-corrected chi connectivity index (χ1v) is 7.31. The van der Waals surface area contributed by atoms with Gasteiger partial charge in [0, 0.05) is 24.4 Å². The highest BCUT2D eigenvalue weighted by molar-refractivity contribution is 7.98. The number of rotatable bonds is 6. The van der Waals surface area contributed by atoms with Crippen LogP contribution in [-0.4, -0.2) is 36.1 Å². The van der Waals surface area contributed by atoms with Crippen molar-refractivity contribution in [2.24, 2.45) is 0 Å². The van der Waals surface area contributed by atoms with Crippen molar-refractivity contribution in [3.8, 4) is 11.5 Å². The van der Waals surface area contributed by atoms with Crippen LogP contribution in [0.15, 0.2) is 18.2 Å². The van der Waals surface area contributed by atoms with Gasteiger partial charge in [0.05, 0.1) is 5.60 Å². The highest BCUT2D eigenvalue weighted by Gasteiger charge is 2.20. The molecule has 2 N–H and O–H groups in total. The summed E-state index contributed by atoms with van der Waals surface area (Å²) in [5.41, 5.74) is 0.374. The molecule has 5 heteroatoms. The molecule has 2 rings (SSSR count). The molecule has 0 amide bonds. The van der Waals surface area contributed by atoms with E-state index in [9.17, 15) is 5.11 Å². The van der Waals surface area contributed by atoms with Crippen LogP contribution in [0.3, 0.4) is 0 Å². The van der Waals surface area contributed by atoms with E-state index in [4.69, 9.17) is 9.47 Å². The molecule has 0 bridgehead atoms. The number of hydrogen-bond donors (Lipinski definition) is 2. The Bertz CT molecular complexity index is 409. The Morgan fingerprint density at radius 1 is 1.44 bits per heavy atom. The first-order valence-electron chi connectivity index (χ1n) is 5.92. The number of nitrogens with one attached hydrogen (secondary N) is 1. The smallest absolute Gasteiger partial charge is 0.231 e. The number of benzene rings is 1. The molecule has 1 aliphatic heterocycles. The Kier molecular flexibility index (Phi) is 4.37. The summed E-state index contributed by atoms with van der Waals surface area (Å²) in [7, 11) is 0. The zero-order chi connectivity index (χ0) is 13.0. The number of para-hydroxylation sites is 1. The van der Waals surface area contributed by atoms with Crippen molar-refractivity contribution >= 4 is 11.8 Å². The molecular formula is C13H19NO3S. The van der Waals surface area contributed by atoms with Crippen molar-refractivity contribution in [2.45, 2.75) is 19.1 Å². The minimum absolute atomic E-state index is 0.288. The molecule has 1 atom stereocenters. The van der Waals surface area contributed by atoms with Crippen molar-refractivity contribution in [1.82, 2.24) is 5.32 Å². The van der Waals surface area contributed by atoms with Gasteiger partial charge in [-0.3, -0.25) is 0 Å². The Hall–Kier alpha value is -0.910. The van der Waals surface area contributed by atoms with Crippen molar-refractivity contribution < 1.29 is 14.6 Å². The molecule has 1 heterocycles. The number of aliphatic hydroxyl groups is 1. The Morgan fingerprint density at radius 2 is 2.28 bits per heavy atom. The van der Waals surface area contributed by atoms with E-state index in [0.717, 1.165) is 17.1 Å². The van der Waals surface area contributed by atoms with Gasteiger partial charge in [0.15, 0.2) is 11.5 Å². The molecule has 0 aliphatic carbocycles. The number of ether oxygens (including phenoxy) is 2. The number of fused-ring (bicyclic) bond motifs is 1. The Morgan fingerprint density at radius 3 is 3.06 bits per heavy atom. The molecule has 1 aliphatic rings. The van der Waals surface area contributed by atoms with Crippen LogP contribution in [0.5, 0.6) is 11.5 Å². The summed E-state index contributed by atoms with van der Waals surface area (Å²) in [4.78, 5) is 0. The third-order valence-corrected chi connectivity index (χ3v) is 3.67. The molecule has 0 saturated carbocycles. The molecule has 0 saturated heterocycles.